The van der Waals surface area contributed by atoms with Crippen LogP contribution in [0, 0.1) is 23.5 Å². The third-order valence-electron chi connectivity index (χ3n) is 6.32. The number of hydrogen-bond acceptors (Lipinski definition) is 7. The minimum atomic E-state index is -0.740. The number of benzene rings is 1. The van der Waals surface area contributed by atoms with Gasteiger partial charge in [-0.3, -0.25) is 9.36 Å². The second-order valence-corrected chi connectivity index (χ2v) is 8.61. The zero-order valence-electron chi connectivity index (χ0n) is 16.7. The molecule has 0 bridgehead atoms. The van der Waals surface area contributed by atoms with Gasteiger partial charge in [-0.05, 0) is 24.0 Å². The van der Waals surface area contributed by atoms with E-state index in [-0.39, 0.29) is 40.6 Å². The Labute approximate surface area is 184 Å². The predicted molar refractivity (Wildman–Crippen MR) is 109 cm³/mol. The summed E-state index contributed by atoms with van der Waals surface area (Å²) in [6.45, 7) is 1.05. The van der Waals surface area contributed by atoms with E-state index in [1.54, 1.807) is 16.5 Å². The minimum Gasteiger partial charge on any atom is -0.366 e. The zero-order valence-corrected chi connectivity index (χ0v) is 17.5. The predicted octanol–water partition coefficient (Wildman–Crippen LogP) is 2.34. The van der Waals surface area contributed by atoms with Gasteiger partial charge in [0.1, 0.15) is 24.4 Å². The van der Waals surface area contributed by atoms with E-state index in [4.69, 9.17) is 16.1 Å². The molecule has 2 aliphatic rings. The van der Waals surface area contributed by atoms with Gasteiger partial charge in [-0.15, -0.1) is 0 Å². The molecule has 9 nitrogen and oxygen atoms in total. The summed E-state index contributed by atoms with van der Waals surface area (Å²) in [5, 5.41) is 3.97. The Morgan fingerprint density at radius 3 is 2.72 bits per heavy atom. The fourth-order valence-corrected chi connectivity index (χ4v) is 4.85. The first kappa shape index (κ1) is 19.4. The maximum absolute atomic E-state index is 14.3. The van der Waals surface area contributed by atoms with Crippen LogP contribution >= 0.6 is 11.6 Å². The SMILES string of the molecule is Cn1cnc2ncn(Cc3nc(C4[C@H]5CN(c6c(F)ccc(Cl)c6F)C[C@@H]45)no3)c(=O)c21. The summed E-state index contributed by atoms with van der Waals surface area (Å²) in [6, 6.07) is 2.39. The van der Waals surface area contributed by atoms with Crippen molar-refractivity contribution in [2.24, 2.45) is 18.9 Å². The van der Waals surface area contributed by atoms with Crippen LogP contribution in [0.2, 0.25) is 5.02 Å². The monoisotopic (exact) mass is 459 g/mol. The number of rotatable bonds is 4. The summed E-state index contributed by atoms with van der Waals surface area (Å²) in [5.41, 5.74) is 0.432. The summed E-state index contributed by atoms with van der Waals surface area (Å²) < 4.78 is 36.9. The lowest BCUT2D eigenvalue weighted by Gasteiger charge is -2.22. The van der Waals surface area contributed by atoms with Crippen molar-refractivity contribution in [1.29, 1.82) is 0 Å². The van der Waals surface area contributed by atoms with Gasteiger partial charge in [0, 0.05) is 26.1 Å². The molecule has 1 aromatic carbocycles. The van der Waals surface area contributed by atoms with Gasteiger partial charge in [0.15, 0.2) is 22.8 Å². The standard InChI is InChI=1S/C20H16ClF2N7O2/c1-28-7-24-19-17(28)20(31)30(8-25-19)6-13-26-18(27-32-13)14-9-4-29(5-10(9)14)16-12(22)3-2-11(21)15(16)23/h2-3,7-10,14H,4-6H2,1H3/t9-,10+,14?. The fraction of sp³-hybridized carbons (Fsp3) is 0.350. The highest BCUT2D eigenvalue weighted by Gasteiger charge is 2.59. The van der Waals surface area contributed by atoms with Crippen LogP contribution < -0.4 is 10.5 Å². The molecule has 1 saturated heterocycles. The van der Waals surface area contributed by atoms with Crippen LogP contribution in [-0.4, -0.2) is 42.3 Å². The molecule has 0 amide bonds. The molecule has 12 heteroatoms. The van der Waals surface area contributed by atoms with E-state index in [1.165, 1.54) is 29.4 Å². The van der Waals surface area contributed by atoms with E-state index in [0.717, 1.165) is 0 Å². The van der Waals surface area contributed by atoms with Crippen molar-refractivity contribution in [3.63, 3.8) is 0 Å². The van der Waals surface area contributed by atoms with Crippen LogP contribution in [0.4, 0.5) is 14.5 Å². The van der Waals surface area contributed by atoms with E-state index < -0.39 is 11.6 Å². The second-order valence-electron chi connectivity index (χ2n) is 8.20. The number of anilines is 1. The number of halogens is 3. The lowest BCUT2D eigenvalue weighted by molar-refractivity contribution is 0.363. The molecule has 6 rings (SSSR count). The topological polar surface area (TPSA) is 94.9 Å². The summed E-state index contributed by atoms with van der Waals surface area (Å²) in [6.07, 6.45) is 2.93. The van der Waals surface area contributed by atoms with E-state index in [9.17, 15) is 13.6 Å². The highest BCUT2D eigenvalue weighted by Crippen LogP contribution is 2.58. The van der Waals surface area contributed by atoms with Gasteiger partial charge in [0.05, 0.1) is 11.3 Å². The third kappa shape index (κ3) is 2.84. The Hall–Kier alpha value is -3.34. The van der Waals surface area contributed by atoms with Crippen LogP contribution in [0.5, 0.6) is 0 Å². The number of hydrogen-bond donors (Lipinski definition) is 0. The molecule has 1 unspecified atom stereocenters. The molecule has 1 saturated carbocycles. The van der Waals surface area contributed by atoms with Crippen LogP contribution in [0.1, 0.15) is 17.6 Å². The van der Waals surface area contributed by atoms with E-state index in [2.05, 4.69) is 20.1 Å². The Bertz CT molecular complexity index is 1420. The molecular weight excluding hydrogens is 444 g/mol. The Kier molecular flexibility index (Phi) is 4.13. The number of imidazole rings is 1. The highest BCUT2D eigenvalue weighted by molar-refractivity contribution is 6.31. The van der Waals surface area contributed by atoms with Crippen molar-refractivity contribution >= 4 is 28.5 Å². The van der Waals surface area contributed by atoms with Gasteiger partial charge in [-0.2, -0.15) is 4.98 Å². The second kappa shape index (κ2) is 6.83. The normalized spacial score (nSPS) is 22.0. The number of nitrogens with zero attached hydrogens (tertiary/aromatic N) is 7. The van der Waals surface area contributed by atoms with Crippen molar-refractivity contribution < 1.29 is 13.3 Å². The van der Waals surface area contributed by atoms with Gasteiger partial charge < -0.3 is 14.0 Å². The van der Waals surface area contributed by atoms with E-state index in [0.29, 0.717) is 36.0 Å². The van der Waals surface area contributed by atoms with Crippen molar-refractivity contribution in [3.8, 4) is 0 Å². The molecule has 3 aromatic heterocycles. The van der Waals surface area contributed by atoms with E-state index in [1.807, 2.05) is 0 Å². The fourth-order valence-electron chi connectivity index (χ4n) is 4.70. The molecule has 4 aromatic rings. The van der Waals surface area contributed by atoms with Gasteiger partial charge in [0.2, 0.25) is 5.89 Å². The molecule has 4 heterocycles. The first-order chi connectivity index (χ1) is 15.4. The molecule has 0 spiro atoms. The molecule has 32 heavy (non-hydrogen) atoms. The molecule has 0 N–H and O–H groups in total. The van der Waals surface area contributed by atoms with Crippen LogP contribution in [-0.2, 0) is 13.6 Å². The van der Waals surface area contributed by atoms with Crippen LogP contribution in [0.3, 0.4) is 0 Å². The smallest absolute Gasteiger partial charge is 0.280 e. The maximum Gasteiger partial charge on any atom is 0.280 e. The summed E-state index contributed by atoms with van der Waals surface area (Å²) >= 11 is 5.82. The van der Waals surface area contributed by atoms with Gasteiger partial charge >= 0.3 is 0 Å². The van der Waals surface area contributed by atoms with Crippen molar-refractivity contribution in [1.82, 2.24) is 29.2 Å². The van der Waals surface area contributed by atoms with Crippen LogP contribution in [0.15, 0.2) is 34.1 Å². The molecule has 3 atom stereocenters. The number of aromatic nitrogens is 6. The molecular formula is C20H16ClF2N7O2. The summed E-state index contributed by atoms with van der Waals surface area (Å²) in [7, 11) is 1.73. The van der Waals surface area contributed by atoms with Gasteiger partial charge in [-0.25, -0.2) is 18.7 Å². The average molecular weight is 460 g/mol. The Morgan fingerprint density at radius 2 is 1.94 bits per heavy atom. The molecule has 0 radical (unpaired) electrons. The number of fused-ring (bicyclic) bond motifs is 2. The van der Waals surface area contributed by atoms with E-state index >= 15 is 0 Å². The lowest BCUT2D eigenvalue weighted by atomic mass is 10.2. The van der Waals surface area contributed by atoms with Crippen molar-refractivity contribution in [2.45, 2.75) is 12.5 Å². The lowest BCUT2D eigenvalue weighted by Crippen LogP contribution is -2.26. The number of piperidine rings is 1. The highest BCUT2D eigenvalue weighted by atomic mass is 35.5. The molecule has 164 valence electrons. The molecule has 1 aliphatic heterocycles. The van der Waals surface area contributed by atoms with Crippen molar-refractivity contribution in [2.75, 3.05) is 18.0 Å². The summed E-state index contributed by atoms with van der Waals surface area (Å²) in [5.74, 6) is -0.124. The Balaban J connectivity index is 1.18. The minimum absolute atomic E-state index is 0.0588. The van der Waals surface area contributed by atoms with Crippen LogP contribution in [0.25, 0.3) is 11.2 Å². The largest absolute Gasteiger partial charge is 0.366 e. The summed E-state index contributed by atoms with van der Waals surface area (Å²) in [4.78, 5) is 27.1. The maximum atomic E-state index is 14.3. The first-order valence-corrected chi connectivity index (χ1v) is 10.4. The van der Waals surface area contributed by atoms with Gasteiger partial charge in [-0.1, -0.05) is 16.8 Å². The van der Waals surface area contributed by atoms with Crippen molar-refractivity contribution in [3.05, 3.63) is 63.5 Å². The number of aryl methyl sites for hydroxylation is 1. The zero-order chi connectivity index (χ0) is 22.1. The van der Waals surface area contributed by atoms with Gasteiger partial charge in [0.25, 0.3) is 5.56 Å². The Morgan fingerprint density at radius 1 is 1.19 bits per heavy atom. The third-order valence-corrected chi connectivity index (χ3v) is 6.61. The molecule has 1 aliphatic carbocycles. The first-order valence-electron chi connectivity index (χ1n) is 9.99. The molecule has 2 fully saturated rings. The average Bonchev–Trinajstić information content (AvgIpc) is 3.18. The quantitative estimate of drug-likeness (QED) is 0.432.